The molecule has 0 saturated carbocycles. The zero-order valence-electron chi connectivity index (χ0n) is 30.0. The fourth-order valence-corrected chi connectivity index (χ4v) is 9.94. The van der Waals surface area contributed by atoms with Crippen molar-refractivity contribution in [3.63, 3.8) is 0 Å². The Balaban J connectivity index is 1.22. The molecule has 0 spiro atoms. The first kappa shape index (κ1) is 32.0. The number of rotatable bonds is 5. The van der Waals surface area contributed by atoms with Crippen molar-refractivity contribution in [3.8, 4) is 39.1 Å². The van der Waals surface area contributed by atoms with E-state index < -0.39 is 5.41 Å². The van der Waals surface area contributed by atoms with E-state index in [1.165, 1.54) is 88.2 Å². The molecule has 0 radical (unpaired) electrons. The third-order valence-electron chi connectivity index (χ3n) is 11.8. The van der Waals surface area contributed by atoms with Gasteiger partial charge in [-0.3, -0.25) is 0 Å². The lowest BCUT2D eigenvalue weighted by Crippen LogP contribution is -2.28. The SMILES string of the molecule is Brc1ccccc1-c1ccccc1-c1ccc2c3ccc4ccccc4c3n(-c3ccc4c(c3)-c3ccccc3C4(c3ccccc3)c3ccccc3)c2c1. The van der Waals surface area contributed by atoms with E-state index >= 15 is 0 Å². The Morgan fingerprint density at radius 1 is 0.382 bits per heavy atom. The Kier molecular flexibility index (Phi) is 7.30. The van der Waals surface area contributed by atoms with Gasteiger partial charge in [-0.1, -0.05) is 198 Å². The molecule has 0 bridgehead atoms. The van der Waals surface area contributed by atoms with Crippen molar-refractivity contribution >= 4 is 48.5 Å². The van der Waals surface area contributed by atoms with E-state index in [4.69, 9.17) is 0 Å². The van der Waals surface area contributed by atoms with Gasteiger partial charge in [-0.15, -0.1) is 0 Å². The molecule has 0 atom stereocenters. The highest BCUT2D eigenvalue weighted by atomic mass is 79.9. The molecule has 9 aromatic carbocycles. The normalized spacial score (nSPS) is 13.0. The zero-order valence-corrected chi connectivity index (χ0v) is 31.5. The van der Waals surface area contributed by atoms with E-state index in [1.54, 1.807) is 0 Å². The molecule has 10 aromatic rings. The highest BCUT2D eigenvalue weighted by Gasteiger charge is 2.46. The Morgan fingerprint density at radius 3 is 1.75 bits per heavy atom. The van der Waals surface area contributed by atoms with Crippen LogP contribution in [0.4, 0.5) is 0 Å². The number of nitrogens with zero attached hydrogens (tertiary/aromatic N) is 1. The lowest BCUT2D eigenvalue weighted by molar-refractivity contribution is 0.768. The summed E-state index contributed by atoms with van der Waals surface area (Å²) in [5.41, 5.74) is 15.6. The Morgan fingerprint density at radius 2 is 0.982 bits per heavy atom. The molecule has 0 fully saturated rings. The van der Waals surface area contributed by atoms with Crippen molar-refractivity contribution in [2.24, 2.45) is 0 Å². The van der Waals surface area contributed by atoms with Gasteiger partial charge in [0, 0.05) is 26.3 Å². The van der Waals surface area contributed by atoms with Gasteiger partial charge < -0.3 is 4.57 Å². The number of hydrogen-bond acceptors (Lipinski definition) is 0. The average Bonchev–Trinajstić information content (AvgIpc) is 3.75. The lowest BCUT2D eigenvalue weighted by Gasteiger charge is -2.33. The van der Waals surface area contributed by atoms with E-state index in [-0.39, 0.29) is 0 Å². The molecule has 55 heavy (non-hydrogen) atoms. The summed E-state index contributed by atoms with van der Waals surface area (Å²) in [4.78, 5) is 0. The van der Waals surface area contributed by atoms with Crippen LogP contribution >= 0.6 is 15.9 Å². The molecule has 1 aromatic heterocycles. The number of hydrogen-bond donors (Lipinski definition) is 0. The third kappa shape index (κ3) is 4.71. The predicted molar refractivity (Wildman–Crippen MR) is 234 cm³/mol. The van der Waals surface area contributed by atoms with Crippen LogP contribution in [0, 0.1) is 0 Å². The van der Waals surface area contributed by atoms with Gasteiger partial charge in [0.15, 0.2) is 0 Å². The summed E-state index contributed by atoms with van der Waals surface area (Å²) in [5, 5.41) is 4.97. The molecule has 1 nitrogen and oxygen atoms in total. The second kappa shape index (κ2) is 12.6. The zero-order chi connectivity index (χ0) is 36.5. The van der Waals surface area contributed by atoms with Crippen molar-refractivity contribution in [2.75, 3.05) is 0 Å². The van der Waals surface area contributed by atoms with Crippen LogP contribution < -0.4 is 0 Å². The number of benzene rings is 9. The van der Waals surface area contributed by atoms with E-state index in [9.17, 15) is 0 Å². The van der Waals surface area contributed by atoms with E-state index in [0.29, 0.717) is 0 Å². The lowest BCUT2D eigenvalue weighted by atomic mass is 9.68. The van der Waals surface area contributed by atoms with E-state index in [1.807, 2.05) is 0 Å². The van der Waals surface area contributed by atoms with E-state index in [0.717, 1.165) is 10.2 Å². The summed E-state index contributed by atoms with van der Waals surface area (Å²) in [6.45, 7) is 0. The largest absolute Gasteiger partial charge is 0.309 e. The molecule has 0 N–H and O–H groups in total. The fraction of sp³-hybridized carbons (Fsp3) is 0.0189. The van der Waals surface area contributed by atoms with Crippen LogP contribution in [-0.4, -0.2) is 4.57 Å². The first-order chi connectivity index (χ1) is 27.2. The topological polar surface area (TPSA) is 4.93 Å². The second-order valence-corrected chi connectivity index (χ2v) is 15.4. The monoisotopic (exact) mass is 763 g/mol. The van der Waals surface area contributed by atoms with Gasteiger partial charge in [-0.25, -0.2) is 0 Å². The van der Waals surface area contributed by atoms with Crippen molar-refractivity contribution < 1.29 is 0 Å². The molecule has 1 heterocycles. The Labute approximate surface area is 328 Å². The first-order valence-corrected chi connectivity index (χ1v) is 19.7. The van der Waals surface area contributed by atoms with Gasteiger partial charge in [0.1, 0.15) is 0 Å². The van der Waals surface area contributed by atoms with Crippen LogP contribution in [0.15, 0.2) is 211 Å². The molecule has 0 aliphatic heterocycles. The molecule has 258 valence electrons. The molecular weight excluding hydrogens is 730 g/mol. The molecular formula is C53H34BrN. The van der Waals surface area contributed by atoms with Gasteiger partial charge in [0.05, 0.1) is 16.4 Å². The van der Waals surface area contributed by atoms with Crippen molar-refractivity contribution in [2.45, 2.75) is 5.41 Å². The summed E-state index contributed by atoms with van der Waals surface area (Å²) in [6.07, 6.45) is 0. The predicted octanol–water partition coefficient (Wildman–Crippen LogP) is 14.4. The quantitative estimate of drug-likeness (QED) is 0.164. The molecule has 0 unspecified atom stereocenters. The van der Waals surface area contributed by atoms with Crippen molar-refractivity contribution in [1.82, 2.24) is 4.57 Å². The van der Waals surface area contributed by atoms with Crippen LogP contribution in [0.2, 0.25) is 0 Å². The maximum atomic E-state index is 3.84. The van der Waals surface area contributed by atoms with Crippen LogP contribution in [0.1, 0.15) is 22.3 Å². The summed E-state index contributed by atoms with van der Waals surface area (Å²) in [7, 11) is 0. The summed E-state index contributed by atoms with van der Waals surface area (Å²) in [6, 6.07) is 76.0. The maximum absolute atomic E-state index is 3.84. The fourth-order valence-electron chi connectivity index (χ4n) is 9.44. The third-order valence-corrected chi connectivity index (χ3v) is 12.4. The molecule has 2 heteroatoms. The van der Waals surface area contributed by atoms with Gasteiger partial charge >= 0.3 is 0 Å². The Bertz CT molecular complexity index is 3060. The van der Waals surface area contributed by atoms with Gasteiger partial charge in [-0.05, 0) is 85.3 Å². The number of halogens is 1. The number of aromatic nitrogens is 1. The smallest absolute Gasteiger partial charge is 0.0713 e. The maximum Gasteiger partial charge on any atom is 0.0713 e. The molecule has 0 amide bonds. The van der Waals surface area contributed by atoms with Crippen LogP contribution in [0.5, 0.6) is 0 Å². The molecule has 11 rings (SSSR count). The van der Waals surface area contributed by atoms with Crippen molar-refractivity contribution in [3.05, 3.63) is 233 Å². The van der Waals surface area contributed by atoms with E-state index in [2.05, 4.69) is 227 Å². The number of fused-ring (bicyclic) bond motifs is 8. The molecule has 1 aliphatic carbocycles. The standard InChI is InChI=1S/C53H34BrN/c54-50-26-14-12-24-44(50)42-22-10-9-20-40(42)36-28-30-45-46-31-27-35-15-7-8-21-41(35)52(46)55(51(45)33-36)39-29-32-49-47(34-39)43-23-11-13-25-48(43)53(49,37-16-3-1-4-17-37)38-18-5-2-6-19-38/h1-34H. The second-order valence-electron chi connectivity index (χ2n) is 14.5. The van der Waals surface area contributed by atoms with Gasteiger partial charge in [-0.2, -0.15) is 0 Å². The minimum Gasteiger partial charge on any atom is -0.309 e. The summed E-state index contributed by atoms with van der Waals surface area (Å²) < 4.78 is 3.61. The van der Waals surface area contributed by atoms with Crippen molar-refractivity contribution in [1.29, 1.82) is 0 Å². The van der Waals surface area contributed by atoms with Gasteiger partial charge in [0.2, 0.25) is 0 Å². The molecule has 1 aliphatic rings. The van der Waals surface area contributed by atoms with Gasteiger partial charge in [0.25, 0.3) is 0 Å². The van der Waals surface area contributed by atoms with Crippen LogP contribution in [-0.2, 0) is 5.41 Å². The van der Waals surface area contributed by atoms with Crippen LogP contribution in [0.25, 0.3) is 71.6 Å². The first-order valence-electron chi connectivity index (χ1n) is 18.9. The average molecular weight is 765 g/mol. The van der Waals surface area contributed by atoms with Crippen LogP contribution in [0.3, 0.4) is 0 Å². The minimum absolute atomic E-state index is 0.441. The summed E-state index contributed by atoms with van der Waals surface area (Å²) >= 11 is 3.84. The highest BCUT2D eigenvalue weighted by molar-refractivity contribution is 9.10. The molecule has 0 saturated heterocycles. The minimum atomic E-state index is -0.441. The highest BCUT2D eigenvalue weighted by Crippen LogP contribution is 2.56. The Hall–Kier alpha value is -6.48. The summed E-state index contributed by atoms with van der Waals surface area (Å²) in [5.74, 6) is 0.